The summed E-state index contributed by atoms with van der Waals surface area (Å²) in [4.78, 5) is 28.9. The van der Waals surface area contributed by atoms with E-state index in [1.165, 1.54) is 0 Å². The van der Waals surface area contributed by atoms with E-state index < -0.39 is 6.04 Å². The topological polar surface area (TPSA) is 59.8 Å². The number of aryl methyl sites for hydroxylation is 1. The van der Waals surface area contributed by atoms with Gasteiger partial charge in [-0.3, -0.25) is 9.59 Å². The first-order valence-electron chi connectivity index (χ1n) is 10.8. The van der Waals surface area contributed by atoms with Gasteiger partial charge in [0.25, 0.3) is 5.91 Å². The summed E-state index contributed by atoms with van der Waals surface area (Å²) in [6.07, 6.45) is 0.620. The third kappa shape index (κ3) is 3.91. The van der Waals surface area contributed by atoms with Crippen molar-refractivity contribution < 1.29 is 13.9 Å². The molecule has 0 saturated heterocycles. The molecule has 172 valence electrons. The number of carbonyl (C=O) groups excluding carboxylic acids is 1. The van der Waals surface area contributed by atoms with Crippen LogP contribution in [0.2, 0.25) is 5.02 Å². The molecule has 0 spiro atoms. The van der Waals surface area contributed by atoms with E-state index in [-0.39, 0.29) is 17.1 Å². The van der Waals surface area contributed by atoms with Crippen LogP contribution in [0.5, 0.6) is 5.75 Å². The second-order valence-electron chi connectivity index (χ2n) is 8.32. The number of benzene rings is 3. The molecule has 34 heavy (non-hydrogen) atoms. The van der Waals surface area contributed by atoms with Gasteiger partial charge in [0.15, 0.2) is 5.43 Å². The molecule has 1 aliphatic rings. The van der Waals surface area contributed by atoms with Gasteiger partial charge in [-0.1, -0.05) is 51.8 Å². The molecule has 0 bridgehead atoms. The maximum Gasteiger partial charge on any atom is 0.290 e. The summed E-state index contributed by atoms with van der Waals surface area (Å²) in [7, 11) is 1.63. The van der Waals surface area contributed by atoms with Crippen LogP contribution in [-0.2, 0) is 6.42 Å². The predicted molar refractivity (Wildman–Crippen MR) is 136 cm³/mol. The molecule has 1 amide bonds. The molecule has 1 unspecified atom stereocenters. The van der Waals surface area contributed by atoms with Crippen LogP contribution in [0.25, 0.3) is 11.0 Å². The van der Waals surface area contributed by atoms with Gasteiger partial charge in [-0.25, -0.2) is 0 Å². The Labute approximate surface area is 210 Å². The second kappa shape index (κ2) is 8.93. The molecule has 0 aliphatic carbocycles. The van der Waals surface area contributed by atoms with E-state index in [1.54, 1.807) is 24.1 Å². The number of halogens is 2. The lowest BCUT2D eigenvalue weighted by Gasteiger charge is -2.25. The van der Waals surface area contributed by atoms with Crippen molar-refractivity contribution in [1.29, 1.82) is 0 Å². The van der Waals surface area contributed by atoms with Gasteiger partial charge in [0, 0.05) is 16.0 Å². The van der Waals surface area contributed by atoms with Gasteiger partial charge in [-0.15, -0.1) is 0 Å². The number of amides is 1. The van der Waals surface area contributed by atoms with E-state index in [9.17, 15) is 9.59 Å². The van der Waals surface area contributed by atoms with E-state index in [1.807, 2.05) is 55.5 Å². The fourth-order valence-electron chi connectivity index (χ4n) is 4.40. The van der Waals surface area contributed by atoms with Gasteiger partial charge in [0.2, 0.25) is 5.76 Å². The maximum absolute atomic E-state index is 13.6. The zero-order valence-electron chi connectivity index (χ0n) is 18.6. The number of nitrogens with zero attached hydrogens (tertiary/aromatic N) is 1. The Hall–Kier alpha value is -3.09. The average molecular weight is 539 g/mol. The molecule has 3 aromatic carbocycles. The third-order valence-corrected chi connectivity index (χ3v) is 7.17. The van der Waals surface area contributed by atoms with Crippen LogP contribution in [0, 0.1) is 6.92 Å². The lowest BCUT2D eigenvalue weighted by Crippen LogP contribution is -2.31. The third-order valence-electron chi connectivity index (χ3n) is 6.23. The molecule has 0 fully saturated rings. The Morgan fingerprint density at radius 2 is 1.76 bits per heavy atom. The summed E-state index contributed by atoms with van der Waals surface area (Å²) in [5.41, 5.74) is 3.18. The molecule has 2 heterocycles. The van der Waals surface area contributed by atoms with Crippen molar-refractivity contribution in [3.05, 3.63) is 108 Å². The molecular formula is C27H21BrClNO4. The van der Waals surface area contributed by atoms with Crippen molar-refractivity contribution in [2.75, 3.05) is 13.7 Å². The van der Waals surface area contributed by atoms with Gasteiger partial charge < -0.3 is 14.1 Å². The smallest absolute Gasteiger partial charge is 0.290 e. The lowest BCUT2D eigenvalue weighted by molar-refractivity contribution is 0.0730. The quantitative estimate of drug-likeness (QED) is 0.299. The molecule has 1 aromatic heterocycles. The van der Waals surface area contributed by atoms with Gasteiger partial charge in [0.05, 0.1) is 24.1 Å². The monoisotopic (exact) mass is 537 g/mol. The zero-order chi connectivity index (χ0) is 24.0. The van der Waals surface area contributed by atoms with E-state index in [4.69, 9.17) is 20.8 Å². The molecule has 0 radical (unpaired) electrons. The normalized spacial score (nSPS) is 15.1. The highest BCUT2D eigenvalue weighted by atomic mass is 79.9. The molecule has 5 nitrogen and oxygen atoms in total. The average Bonchev–Trinajstić information content (AvgIpc) is 3.11. The van der Waals surface area contributed by atoms with Crippen molar-refractivity contribution in [3.8, 4) is 5.75 Å². The van der Waals surface area contributed by atoms with Crippen LogP contribution < -0.4 is 10.2 Å². The first-order chi connectivity index (χ1) is 16.4. The summed E-state index contributed by atoms with van der Waals surface area (Å²) in [5, 5.41) is 0.863. The van der Waals surface area contributed by atoms with Crippen molar-refractivity contribution in [2.24, 2.45) is 0 Å². The van der Waals surface area contributed by atoms with Gasteiger partial charge in [-0.05, 0) is 66.4 Å². The molecule has 1 aliphatic heterocycles. The summed E-state index contributed by atoms with van der Waals surface area (Å²) >= 11 is 9.77. The fraction of sp³-hybridized carbons (Fsp3) is 0.185. The molecule has 0 saturated carbocycles. The Bertz CT molecular complexity index is 1460. The second-order valence-corrected chi connectivity index (χ2v) is 9.65. The minimum Gasteiger partial charge on any atom is -0.497 e. The highest BCUT2D eigenvalue weighted by molar-refractivity contribution is 9.10. The number of hydrogen-bond acceptors (Lipinski definition) is 4. The van der Waals surface area contributed by atoms with Crippen LogP contribution in [0.4, 0.5) is 0 Å². The zero-order valence-corrected chi connectivity index (χ0v) is 20.9. The Morgan fingerprint density at radius 3 is 2.44 bits per heavy atom. The number of fused-ring (bicyclic) bond motifs is 2. The van der Waals surface area contributed by atoms with Crippen molar-refractivity contribution >= 4 is 44.4 Å². The summed E-state index contributed by atoms with van der Waals surface area (Å²) in [6, 6.07) is 18.2. The molecule has 0 N–H and O–H groups in total. The SMILES string of the molecule is COc1ccc(CCN2C(=O)c3oc4cc(C)c(Cl)cc4c(=O)c3C2c2ccc(Br)cc2)cc1. The largest absolute Gasteiger partial charge is 0.497 e. The molecule has 4 aromatic rings. The summed E-state index contributed by atoms with van der Waals surface area (Å²) < 4.78 is 12.2. The Balaban J connectivity index is 1.61. The first-order valence-corrected chi connectivity index (χ1v) is 12.0. The minimum atomic E-state index is -0.547. The Morgan fingerprint density at radius 1 is 1.06 bits per heavy atom. The van der Waals surface area contributed by atoms with Crippen molar-refractivity contribution in [2.45, 2.75) is 19.4 Å². The number of hydrogen-bond donors (Lipinski definition) is 0. The first kappa shape index (κ1) is 22.7. The summed E-state index contributed by atoms with van der Waals surface area (Å²) in [6.45, 7) is 2.26. The molecule has 5 rings (SSSR count). The number of ether oxygens (including phenoxy) is 1. The minimum absolute atomic E-state index is 0.0990. The molecular weight excluding hydrogens is 518 g/mol. The maximum atomic E-state index is 13.6. The van der Waals surface area contributed by atoms with E-state index in [2.05, 4.69) is 15.9 Å². The number of methoxy groups -OCH3 is 1. The van der Waals surface area contributed by atoms with Gasteiger partial charge in [-0.2, -0.15) is 0 Å². The highest BCUT2D eigenvalue weighted by Crippen LogP contribution is 2.39. The highest BCUT2D eigenvalue weighted by Gasteiger charge is 2.42. The number of rotatable bonds is 5. The fourth-order valence-corrected chi connectivity index (χ4v) is 4.83. The van der Waals surface area contributed by atoms with E-state index in [0.29, 0.717) is 34.5 Å². The molecule has 7 heteroatoms. The van der Waals surface area contributed by atoms with E-state index in [0.717, 1.165) is 26.9 Å². The Kier molecular flexibility index (Phi) is 5.96. The van der Waals surface area contributed by atoms with Gasteiger partial charge in [0.1, 0.15) is 11.3 Å². The predicted octanol–water partition coefficient (Wildman–Crippen LogP) is 6.31. The van der Waals surface area contributed by atoms with E-state index >= 15 is 0 Å². The van der Waals surface area contributed by atoms with Crippen LogP contribution >= 0.6 is 27.5 Å². The van der Waals surface area contributed by atoms with Gasteiger partial charge >= 0.3 is 0 Å². The van der Waals surface area contributed by atoms with Crippen molar-refractivity contribution in [1.82, 2.24) is 4.90 Å². The van der Waals surface area contributed by atoms with Crippen LogP contribution in [0.15, 0.2) is 74.3 Å². The van der Waals surface area contributed by atoms with Crippen LogP contribution in [-0.4, -0.2) is 24.5 Å². The number of carbonyl (C=O) groups is 1. The molecule has 1 atom stereocenters. The lowest BCUT2D eigenvalue weighted by atomic mass is 9.98. The van der Waals surface area contributed by atoms with Crippen LogP contribution in [0.3, 0.4) is 0 Å². The van der Waals surface area contributed by atoms with Crippen molar-refractivity contribution in [3.63, 3.8) is 0 Å². The van der Waals surface area contributed by atoms with Crippen LogP contribution in [0.1, 0.15) is 38.9 Å². The standard InChI is InChI=1S/C27H21BrClNO4/c1-15-13-22-20(14-21(15)29)25(31)23-24(17-5-7-18(28)8-6-17)30(27(32)26(23)34-22)12-11-16-3-9-19(33-2)10-4-16/h3-10,13-14,24H,11-12H2,1-2H3. The summed E-state index contributed by atoms with van der Waals surface area (Å²) in [5.74, 6) is 0.585.